The molecule has 4 aliphatic rings. The lowest BCUT2D eigenvalue weighted by atomic mass is 9.90. The third kappa shape index (κ3) is 3.00. The average molecular weight is 365 g/mol. The number of amides is 2. The van der Waals surface area contributed by atoms with Crippen molar-refractivity contribution in [3.05, 3.63) is 11.9 Å². The number of fused-ring (bicyclic) bond motifs is 1. The number of carboxylic acid groups (broad SMARTS) is 1. The van der Waals surface area contributed by atoms with Crippen molar-refractivity contribution in [2.45, 2.75) is 50.8 Å². The molecule has 3 atom stereocenters. The number of carbonyl (C=O) groups excluding carboxylic acids is 1. The van der Waals surface area contributed by atoms with Crippen molar-refractivity contribution in [3.8, 4) is 0 Å². The summed E-state index contributed by atoms with van der Waals surface area (Å²) in [6.07, 6.45) is 4.24. The second-order valence-corrected chi connectivity index (χ2v) is 8.08. The number of β-amino-alcohol motifs (C(OH)–C–C–N with tert-alkyl or cyclic N) is 1. The van der Waals surface area contributed by atoms with Gasteiger partial charge in [0.2, 0.25) is 5.91 Å². The fourth-order valence-electron chi connectivity index (χ4n) is 4.48. The Balaban J connectivity index is 1.40. The number of aliphatic hydroxyl groups is 1. The van der Waals surface area contributed by atoms with Gasteiger partial charge >= 0.3 is 6.09 Å². The molecule has 0 aromatic heterocycles. The van der Waals surface area contributed by atoms with E-state index in [1.165, 1.54) is 6.20 Å². The van der Waals surface area contributed by atoms with Crippen molar-refractivity contribution in [1.82, 2.24) is 14.7 Å². The maximum absolute atomic E-state index is 12.8. The van der Waals surface area contributed by atoms with Crippen LogP contribution < -0.4 is 0 Å². The molecule has 1 unspecified atom stereocenters. The van der Waals surface area contributed by atoms with Crippen molar-refractivity contribution in [2.24, 2.45) is 5.41 Å². The molecule has 0 aromatic rings. The molecule has 3 aliphatic heterocycles. The molecule has 1 spiro atoms. The molecule has 144 valence electrons. The van der Waals surface area contributed by atoms with Gasteiger partial charge in [-0.3, -0.25) is 9.69 Å². The Morgan fingerprint density at radius 1 is 1.38 bits per heavy atom. The molecule has 2 amide bonds. The normalized spacial score (nSPS) is 33.8. The van der Waals surface area contributed by atoms with Crippen LogP contribution in [0.1, 0.15) is 32.6 Å². The van der Waals surface area contributed by atoms with Gasteiger partial charge in [-0.1, -0.05) is 0 Å². The lowest BCUT2D eigenvalue weighted by Gasteiger charge is -2.44. The van der Waals surface area contributed by atoms with Crippen LogP contribution in [-0.4, -0.2) is 87.9 Å². The SMILES string of the molecule is C[C@H]1C(=O)N2C(=CN1C(=O)O)COC[C@H]2CCN1CCC2(CC2)C(O)C1. The summed E-state index contributed by atoms with van der Waals surface area (Å²) in [5, 5.41) is 19.6. The van der Waals surface area contributed by atoms with E-state index in [1.54, 1.807) is 11.8 Å². The predicted molar refractivity (Wildman–Crippen MR) is 92.2 cm³/mol. The van der Waals surface area contributed by atoms with Crippen LogP contribution in [0.15, 0.2) is 11.9 Å². The molecule has 0 aromatic carbocycles. The van der Waals surface area contributed by atoms with Crippen molar-refractivity contribution in [1.29, 1.82) is 0 Å². The quantitative estimate of drug-likeness (QED) is 0.764. The second kappa shape index (κ2) is 6.51. The molecule has 3 heterocycles. The van der Waals surface area contributed by atoms with Gasteiger partial charge in [-0.15, -0.1) is 0 Å². The molecule has 26 heavy (non-hydrogen) atoms. The van der Waals surface area contributed by atoms with Crippen LogP contribution in [0, 0.1) is 5.41 Å². The number of rotatable bonds is 3. The van der Waals surface area contributed by atoms with Crippen molar-refractivity contribution in [3.63, 3.8) is 0 Å². The number of piperidine rings is 1. The highest BCUT2D eigenvalue weighted by Gasteiger charge is 2.51. The van der Waals surface area contributed by atoms with E-state index in [1.807, 2.05) is 0 Å². The molecule has 3 fully saturated rings. The van der Waals surface area contributed by atoms with E-state index in [0.29, 0.717) is 18.8 Å². The van der Waals surface area contributed by atoms with Gasteiger partial charge in [0.25, 0.3) is 0 Å². The number of likely N-dealkylation sites (tertiary alicyclic amines) is 1. The third-order valence-electron chi connectivity index (χ3n) is 6.49. The summed E-state index contributed by atoms with van der Waals surface area (Å²) >= 11 is 0. The first-order chi connectivity index (χ1) is 12.4. The number of ether oxygens (including phenoxy) is 1. The Kier molecular flexibility index (Phi) is 4.45. The number of hydrogen-bond acceptors (Lipinski definition) is 5. The van der Waals surface area contributed by atoms with Crippen LogP contribution in [0.5, 0.6) is 0 Å². The predicted octanol–water partition coefficient (Wildman–Crippen LogP) is 0.674. The molecule has 2 saturated heterocycles. The van der Waals surface area contributed by atoms with Gasteiger partial charge in [-0.05, 0) is 44.6 Å². The summed E-state index contributed by atoms with van der Waals surface area (Å²) in [6.45, 7) is 4.83. The lowest BCUT2D eigenvalue weighted by molar-refractivity contribution is -0.142. The first-order valence-electron chi connectivity index (χ1n) is 9.44. The number of carbonyl (C=O) groups is 2. The van der Waals surface area contributed by atoms with Crippen LogP contribution in [-0.2, 0) is 9.53 Å². The van der Waals surface area contributed by atoms with Crippen LogP contribution >= 0.6 is 0 Å². The van der Waals surface area contributed by atoms with Crippen LogP contribution in [0.3, 0.4) is 0 Å². The van der Waals surface area contributed by atoms with Crippen molar-refractivity contribution >= 4 is 12.0 Å². The average Bonchev–Trinajstić information content (AvgIpc) is 3.39. The molecule has 1 aliphatic carbocycles. The Labute approximate surface area is 153 Å². The van der Waals surface area contributed by atoms with E-state index in [0.717, 1.165) is 43.7 Å². The highest BCUT2D eigenvalue weighted by Crippen LogP contribution is 2.53. The number of aliphatic hydroxyl groups excluding tert-OH is 1. The summed E-state index contributed by atoms with van der Waals surface area (Å²) in [6, 6.07) is -0.807. The Morgan fingerprint density at radius 2 is 2.15 bits per heavy atom. The maximum Gasteiger partial charge on any atom is 0.412 e. The van der Waals surface area contributed by atoms with Crippen LogP contribution in [0.25, 0.3) is 0 Å². The van der Waals surface area contributed by atoms with E-state index >= 15 is 0 Å². The molecule has 0 bridgehead atoms. The largest absolute Gasteiger partial charge is 0.465 e. The smallest absolute Gasteiger partial charge is 0.412 e. The van der Waals surface area contributed by atoms with Gasteiger partial charge in [0.15, 0.2) is 0 Å². The van der Waals surface area contributed by atoms with E-state index in [2.05, 4.69) is 4.90 Å². The highest BCUT2D eigenvalue weighted by molar-refractivity contribution is 5.88. The summed E-state index contributed by atoms with van der Waals surface area (Å²) in [5.74, 6) is -0.186. The van der Waals surface area contributed by atoms with Gasteiger partial charge in [0.1, 0.15) is 6.04 Å². The molecule has 2 N–H and O–H groups in total. The van der Waals surface area contributed by atoms with Crippen molar-refractivity contribution in [2.75, 3.05) is 32.8 Å². The molecule has 8 nitrogen and oxygen atoms in total. The van der Waals surface area contributed by atoms with Gasteiger partial charge in [-0.25, -0.2) is 4.79 Å². The second-order valence-electron chi connectivity index (χ2n) is 8.08. The third-order valence-corrected chi connectivity index (χ3v) is 6.49. The fourth-order valence-corrected chi connectivity index (χ4v) is 4.48. The number of morpholine rings is 1. The number of hydrogen-bond donors (Lipinski definition) is 2. The molecule has 8 heteroatoms. The minimum Gasteiger partial charge on any atom is -0.465 e. The zero-order valence-electron chi connectivity index (χ0n) is 15.1. The molecular formula is C18H27N3O5. The van der Waals surface area contributed by atoms with Crippen LogP contribution in [0.4, 0.5) is 4.79 Å². The summed E-state index contributed by atoms with van der Waals surface area (Å²) in [7, 11) is 0. The fraction of sp³-hybridized carbons (Fsp3) is 0.778. The summed E-state index contributed by atoms with van der Waals surface area (Å²) in [5.41, 5.74) is 0.807. The van der Waals surface area contributed by atoms with E-state index < -0.39 is 12.1 Å². The Bertz CT molecular complexity index is 632. The first kappa shape index (κ1) is 17.8. The standard InChI is InChI=1S/C18H27N3O5/c1-12-16(23)21-13(10-26-11-14(21)8-20(12)17(24)25)2-6-19-7-5-18(3-4-18)15(22)9-19/h8,12-13,15,22H,2-7,9-11H2,1H3,(H,24,25)/t12-,13+,15?/m0/s1. The minimum atomic E-state index is -1.13. The lowest BCUT2D eigenvalue weighted by Crippen LogP contribution is -2.58. The van der Waals surface area contributed by atoms with E-state index in [4.69, 9.17) is 4.74 Å². The molecule has 4 rings (SSSR count). The number of nitrogens with zero attached hydrogens (tertiary/aromatic N) is 3. The monoisotopic (exact) mass is 365 g/mol. The van der Waals surface area contributed by atoms with Gasteiger partial charge < -0.3 is 24.7 Å². The highest BCUT2D eigenvalue weighted by atomic mass is 16.5. The zero-order chi connectivity index (χ0) is 18.5. The van der Waals surface area contributed by atoms with E-state index in [-0.39, 0.29) is 30.1 Å². The topological polar surface area (TPSA) is 93.6 Å². The van der Waals surface area contributed by atoms with Crippen LogP contribution in [0.2, 0.25) is 0 Å². The Hall–Kier alpha value is -1.64. The molecule has 0 radical (unpaired) electrons. The molecule has 1 saturated carbocycles. The minimum absolute atomic E-state index is 0.0881. The van der Waals surface area contributed by atoms with Gasteiger partial charge in [0, 0.05) is 19.3 Å². The van der Waals surface area contributed by atoms with E-state index in [9.17, 15) is 19.8 Å². The van der Waals surface area contributed by atoms with Gasteiger partial charge in [-0.2, -0.15) is 0 Å². The Morgan fingerprint density at radius 3 is 2.81 bits per heavy atom. The molecular weight excluding hydrogens is 338 g/mol. The maximum atomic E-state index is 12.8. The zero-order valence-corrected chi connectivity index (χ0v) is 15.1. The van der Waals surface area contributed by atoms with Gasteiger partial charge in [0.05, 0.1) is 31.1 Å². The summed E-state index contributed by atoms with van der Waals surface area (Å²) in [4.78, 5) is 29.1. The first-order valence-corrected chi connectivity index (χ1v) is 9.44. The van der Waals surface area contributed by atoms with Crippen molar-refractivity contribution < 1.29 is 24.5 Å². The summed E-state index contributed by atoms with van der Waals surface area (Å²) < 4.78 is 5.62.